The van der Waals surface area contributed by atoms with Gasteiger partial charge >= 0.3 is 0 Å². The van der Waals surface area contributed by atoms with Gasteiger partial charge in [0.1, 0.15) is 0 Å². The monoisotopic (exact) mass is 437 g/mol. The molecule has 1 rings (SSSR count). The molecule has 172 valence electrons. The van der Waals surface area contributed by atoms with Crippen LogP contribution < -0.4 is 5.73 Å². The van der Waals surface area contributed by atoms with Crippen molar-refractivity contribution in [3.63, 3.8) is 0 Å². The van der Waals surface area contributed by atoms with E-state index in [9.17, 15) is 8.42 Å². The molecule has 1 atom stereocenters. The molecule has 1 aromatic rings. The van der Waals surface area contributed by atoms with Gasteiger partial charge in [-0.15, -0.1) is 5.10 Å². The Bertz CT molecular complexity index is 698. The van der Waals surface area contributed by atoms with Crippen LogP contribution in [0.15, 0.2) is 34.5 Å². The largest absolute Gasteiger partial charge is 0.327 e. The van der Waals surface area contributed by atoms with E-state index in [-0.39, 0.29) is 10.8 Å². The Morgan fingerprint density at radius 2 is 1.47 bits per heavy atom. The number of hydrogen-bond donors (Lipinski definition) is 1. The van der Waals surface area contributed by atoms with Crippen LogP contribution in [0.25, 0.3) is 0 Å². The number of rotatable bonds is 13. The maximum atomic E-state index is 12.1. The highest BCUT2D eigenvalue weighted by atomic mass is 32.2. The first-order valence-corrected chi connectivity index (χ1v) is 13.0. The minimum absolute atomic E-state index is 0.0352. The first-order chi connectivity index (χ1) is 14.3. The van der Waals surface area contributed by atoms with Gasteiger partial charge in [-0.3, -0.25) is 0 Å². The number of aryl methyl sites for hydroxylation is 2. The van der Waals surface area contributed by atoms with Crippen molar-refractivity contribution in [3.8, 4) is 0 Å². The second-order valence-corrected chi connectivity index (χ2v) is 10.0. The quantitative estimate of drug-likeness (QED) is 0.185. The molecule has 0 heterocycles. The molecule has 0 radical (unpaired) electrons. The molecule has 0 amide bonds. The maximum absolute atomic E-state index is 12.1. The van der Waals surface area contributed by atoms with Crippen molar-refractivity contribution in [2.24, 2.45) is 15.9 Å². The van der Waals surface area contributed by atoms with Crippen LogP contribution in [-0.2, 0) is 22.7 Å². The third kappa shape index (κ3) is 13.6. The van der Waals surface area contributed by atoms with E-state index in [1.807, 2.05) is 0 Å². The van der Waals surface area contributed by atoms with Gasteiger partial charge in [-0.25, -0.2) is 8.42 Å². The lowest BCUT2D eigenvalue weighted by molar-refractivity contribution is 0.589. The number of nitrogens with zero attached hydrogens (tertiary/aromatic N) is 2. The van der Waals surface area contributed by atoms with Gasteiger partial charge in [0.05, 0.1) is 5.75 Å². The summed E-state index contributed by atoms with van der Waals surface area (Å²) >= 11 is 0. The predicted octanol–water partition coefficient (Wildman–Crippen LogP) is 5.71. The Kier molecular flexibility index (Phi) is 16.3. The Hall–Kier alpha value is -1.53. The topological polar surface area (TPSA) is 84.9 Å². The Balaban J connectivity index is 0.00000263. The molecule has 0 fully saturated rings. The minimum Gasteiger partial charge on any atom is -0.327 e. The van der Waals surface area contributed by atoms with E-state index < -0.39 is 15.9 Å². The third-order valence-electron chi connectivity index (χ3n) is 4.74. The predicted molar refractivity (Wildman–Crippen MR) is 132 cm³/mol. The third-order valence-corrected chi connectivity index (χ3v) is 6.59. The molecule has 0 saturated carbocycles. The zero-order chi connectivity index (χ0) is 22.8. The summed E-state index contributed by atoms with van der Waals surface area (Å²) in [5.41, 5.74) is 8.56. The molecule has 1 aromatic carbocycles. The van der Waals surface area contributed by atoms with E-state index in [4.69, 9.17) is 5.73 Å². The first-order valence-electron chi connectivity index (χ1n) is 11.4. The van der Waals surface area contributed by atoms with Crippen molar-refractivity contribution in [3.05, 3.63) is 35.4 Å². The Morgan fingerprint density at radius 3 is 2.00 bits per heavy atom. The molecule has 0 bridgehead atoms. The molecule has 0 aliphatic carbocycles. The van der Waals surface area contributed by atoms with E-state index in [2.05, 4.69) is 62.0 Å². The molecular weight excluding hydrogens is 394 g/mol. The fourth-order valence-corrected chi connectivity index (χ4v) is 4.14. The van der Waals surface area contributed by atoms with Crippen molar-refractivity contribution in [1.82, 2.24) is 0 Å². The van der Waals surface area contributed by atoms with Gasteiger partial charge in [0.25, 0.3) is 0 Å². The van der Waals surface area contributed by atoms with Gasteiger partial charge in [-0.05, 0) is 43.7 Å². The van der Waals surface area contributed by atoms with Crippen LogP contribution in [0.4, 0.5) is 0 Å². The van der Waals surface area contributed by atoms with Crippen LogP contribution in [0.1, 0.15) is 90.2 Å². The van der Waals surface area contributed by atoms with E-state index in [0.29, 0.717) is 6.42 Å². The Labute approximate surface area is 185 Å². The second-order valence-electron chi connectivity index (χ2n) is 7.88. The normalized spacial score (nSPS) is 12.8. The molecule has 0 aliphatic rings. The highest BCUT2D eigenvalue weighted by molar-refractivity contribution is 8.06. The lowest BCUT2D eigenvalue weighted by Gasteiger charge is -2.12. The van der Waals surface area contributed by atoms with Crippen molar-refractivity contribution in [1.29, 1.82) is 0 Å². The molecule has 6 heteroatoms. The average molecular weight is 438 g/mol. The smallest absolute Gasteiger partial charge is 0.194 e. The molecule has 0 aliphatic heterocycles. The van der Waals surface area contributed by atoms with Crippen LogP contribution in [-0.4, -0.2) is 32.0 Å². The molecule has 1 unspecified atom stereocenters. The standard InChI is InChI=1S/C21H35N3O2S.C3H8/c1-4-5-6-7-8-9-10-19-11-13-20(14-12-19)15-16-21(22)17-27(25,26)18(2)24-23-3;1-3-2/h11-14,21H,3-10,15-17,22H2,1-2H3;3H2,1-2H3/b24-18+;. The molecule has 0 spiro atoms. The summed E-state index contributed by atoms with van der Waals surface area (Å²) in [6.45, 7) is 11.1. The highest BCUT2D eigenvalue weighted by Gasteiger charge is 2.19. The summed E-state index contributed by atoms with van der Waals surface area (Å²) in [4.78, 5) is 0. The van der Waals surface area contributed by atoms with Crippen LogP contribution >= 0.6 is 0 Å². The summed E-state index contributed by atoms with van der Waals surface area (Å²) < 4.78 is 24.1. The van der Waals surface area contributed by atoms with Crippen LogP contribution in [0.3, 0.4) is 0 Å². The zero-order valence-corrected chi connectivity index (χ0v) is 20.4. The van der Waals surface area contributed by atoms with E-state index in [0.717, 1.165) is 12.8 Å². The van der Waals surface area contributed by atoms with Crippen molar-refractivity contribution in [2.75, 3.05) is 5.75 Å². The number of benzene rings is 1. The summed E-state index contributed by atoms with van der Waals surface area (Å²) in [5.74, 6) is -0.117. The van der Waals surface area contributed by atoms with Crippen molar-refractivity contribution in [2.45, 2.75) is 97.9 Å². The Morgan fingerprint density at radius 1 is 0.967 bits per heavy atom. The minimum atomic E-state index is -3.46. The summed E-state index contributed by atoms with van der Waals surface area (Å²) in [7, 11) is -3.46. The summed E-state index contributed by atoms with van der Waals surface area (Å²) in [6.07, 6.45) is 11.6. The number of nitrogens with two attached hydrogens (primary N) is 1. The molecule has 2 N–H and O–H groups in total. The highest BCUT2D eigenvalue weighted by Crippen LogP contribution is 2.13. The zero-order valence-electron chi connectivity index (χ0n) is 19.6. The van der Waals surface area contributed by atoms with Crippen molar-refractivity contribution >= 4 is 21.6 Å². The summed E-state index contributed by atoms with van der Waals surface area (Å²) in [6, 6.07) is 8.18. The van der Waals surface area contributed by atoms with Gasteiger partial charge in [0.2, 0.25) is 0 Å². The van der Waals surface area contributed by atoms with Gasteiger partial charge in [-0.1, -0.05) is 83.6 Å². The number of unbranched alkanes of at least 4 members (excludes halogenated alkanes) is 5. The summed E-state index contributed by atoms with van der Waals surface area (Å²) in [5, 5.41) is 6.74. The van der Waals surface area contributed by atoms with E-state index >= 15 is 0 Å². The van der Waals surface area contributed by atoms with Gasteiger partial charge < -0.3 is 5.73 Å². The van der Waals surface area contributed by atoms with Crippen molar-refractivity contribution < 1.29 is 8.42 Å². The average Bonchev–Trinajstić information content (AvgIpc) is 2.70. The van der Waals surface area contributed by atoms with Gasteiger partial charge in [0.15, 0.2) is 14.9 Å². The van der Waals surface area contributed by atoms with Crippen LogP contribution in [0.2, 0.25) is 0 Å². The van der Waals surface area contributed by atoms with Crippen LogP contribution in [0.5, 0.6) is 0 Å². The van der Waals surface area contributed by atoms with Gasteiger partial charge in [-0.2, -0.15) is 5.10 Å². The van der Waals surface area contributed by atoms with E-state index in [1.165, 1.54) is 63.0 Å². The lowest BCUT2D eigenvalue weighted by atomic mass is 10.0. The molecule has 0 saturated heterocycles. The second kappa shape index (κ2) is 17.2. The fourth-order valence-electron chi connectivity index (χ4n) is 2.98. The SMILES string of the molecule is C=N/N=C(\C)S(=O)(=O)CC(N)CCc1ccc(CCCCCCCC)cc1.CCC. The fraction of sp³-hybridized carbons (Fsp3) is 0.667. The maximum Gasteiger partial charge on any atom is 0.194 e. The molecule has 0 aromatic heterocycles. The lowest BCUT2D eigenvalue weighted by Crippen LogP contribution is -2.32. The number of sulfone groups is 1. The first kappa shape index (κ1) is 28.5. The van der Waals surface area contributed by atoms with Gasteiger partial charge in [0, 0.05) is 12.8 Å². The molecule has 5 nitrogen and oxygen atoms in total. The molecular formula is C24H43N3O2S. The van der Waals surface area contributed by atoms with Crippen LogP contribution in [0, 0.1) is 0 Å². The molecule has 30 heavy (non-hydrogen) atoms. The number of hydrogen-bond acceptors (Lipinski definition) is 5. The van der Waals surface area contributed by atoms with E-state index in [1.54, 1.807) is 0 Å².